The Labute approximate surface area is 128 Å². The number of benzene rings is 1. The fourth-order valence-corrected chi connectivity index (χ4v) is 2.78. The zero-order valence-corrected chi connectivity index (χ0v) is 12.9. The third-order valence-corrected chi connectivity index (χ3v) is 4.23. The summed E-state index contributed by atoms with van der Waals surface area (Å²) in [6.07, 6.45) is 1.63. The molecule has 1 aromatic heterocycles. The summed E-state index contributed by atoms with van der Waals surface area (Å²) in [5.74, 6) is 0.497. The van der Waals surface area contributed by atoms with Crippen molar-refractivity contribution in [3.63, 3.8) is 0 Å². The Hall–Kier alpha value is -1.67. The van der Waals surface area contributed by atoms with Gasteiger partial charge in [-0.3, -0.25) is 10.1 Å². The third-order valence-electron chi connectivity index (χ3n) is 2.32. The van der Waals surface area contributed by atoms with E-state index in [2.05, 4.69) is 31.2 Å². The number of nitro benzene ring substituents is 1. The standard InChI is InChI=1S/C12H11BrN4O2S/c1-2-14-12-15-7-8(13)11(16-12)20-10-6-4-3-5-9(10)17(18)19/h3-7H,2H2,1H3,(H,14,15,16). The highest BCUT2D eigenvalue weighted by molar-refractivity contribution is 9.10. The van der Waals surface area contributed by atoms with E-state index in [4.69, 9.17) is 0 Å². The SMILES string of the molecule is CCNc1ncc(Br)c(Sc2ccccc2[N+](=O)[O-])n1. The molecule has 20 heavy (non-hydrogen) atoms. The predicted octanol–water partition coefficient (Wildman–Crippen LogP) is 3.73. The Morgan fingerprint density at radius 3 is 2.90 bits per heavy atom. The molecule has 1 heterocycles. The third kappa shape index (κ3) is 3.45. The van der Waals surface area contributed by atoms with Gasteiger partial charge in [0, 0.05) is 18.8 Å². The first-order valence-corrected chi connectivity index (χ1v) is 7.40. The number of nitro groups is 1. The van der Waals surface area contributed by atoms with Crippen LogP contribution in [0.15, 0.2) is 44.9 Å². The minimum absolute atomic E-state index is 0.0630. The van der Waals surface area contributed by atoms with E-state index in [1.807, 2.05) is 6.92 Å². The molecule has 0 saturated carbocycles. The number of halogens is 1. The van der Waals surface area contributed by atoms with E-state index >= 15 is 0 Å². The Balaban J connectivity index is 2.34. The van der Waals surface area contributed by atoms with Crippen LogP contribution in [0.2, 0.25) is 0 Å². The molecule has 104 valence electrons. The van der Waals surface area contributed by atoms with Crippen molar-refractivity contribution in [1.82, 2.24) is 9.97 Å². The van der Waals surface area contributed by atoms with E-state index in [-0.39, 0.29) is 5.69 Å². The van der Waals surface area contributed by atoms with Crippen molar-refractivity contribution < 1.29 is 4.92 Å². The summed E-state index contributed by atoms with van der Waals surface area (Å²) in [4.78, 5) is 19.6. The van der Waals surface area contributed by atoms with E-state index < -0.39 is 4.92 Å². The van der Waals surface area contributed by atoms with Crippen molar-refractivity contribution in [3.05, 3.63) is 45.0 Å². The smallest absolute Gasteiger partial charge is 0.283 e. The van der Waals surface area contributed by atoms with E-state index in [1.165, 1.54) is 17.8 Å². The van der Waals surface area contributed by atoms with Crippen LogP contribution in [-0.2, 0) is 0 Å². The van der Waals surface area contributed by atoms with Gasteiger partial charge in [-0.05, 0) is 28.9 Å². The van der Waals surface area contributed by atoms with Crippen LogP contribution in [0.1, 0.15) is 6.92 Å². The summed E-state index contributed by atoms with van der Waals surface area (Å²) in [5, 5.41) is 14.6. The highest BCUT2D eigenvalue weighted by Gasteiger charge is 2.16. The summed E-state index contributed by atoms with van der Waals surface area (Å²) in [7, 11) is 0. The predicted molar refractivity (Wildman–Crippen MR) is 81.1 cm³/mol. The number of para-hydroxylation sites is 1. The monoisotopic (exact) mass is 354 g/mol. The van der Waals surface area contributed by atoms with Crippen LogP contribution in [0.4, 0.5) is 11.6 Å². The molecule has 0 aliphatic carbocycles. The molecule has 1 N–H and O–H groups in total. The quantitative estimate of drug-likeness (QED) is 0.500. The van der Waals surface area contributed by atoms with Gasteiger partial charge in [0.2, 0.25) is 5.95 Å². The van der Waals surface area contributed by atoms with Crippen molar-refractivity contribution in [3.8, 4) is 0 Å². The lowest BCUT2D eigenvalue weighted by atomic mass is 10.3. The molecular weight excluding hydrogens is 344 g/mol. The summed E-state index contributed by atoms with van der Waals surface area (Å²) in [6.45, 7) is 2.65. The highest BCUT2D eigenvalue weighted by Crippen LogP contribution is 2.36. The Morgan fingerprint density at radius 1 is 1.45 bits per heavy atom. The maximum Gasteiger partial charge on any atom is 0.283 e. The van der Waals surface area contributed by atoms with E-state index in [1.54, 1.807) is 24.4 Å². The van der Waals surface area contributed by atoms with Gasteiger partial charge in [0.05, 0.1) is 14.3 Å². The maximum atomic E-state index is 11.0. The molecular formula is C12H11BrN4O2S. The van der Waals surface area contributed by atoms with Crippen LogP contribution in [0.25, 0.3) is 0 Å². The molecule has 0 aliphatic rings. The molecule has 0 radical (unpaired) electrons. The molecule has 0 fully saturated rings. The first kappa shape index (κ1) is 14.7. The molecule has 0 spiro atoms. The van der Waals surface area contributed by atoms with Crippen LogP contribution in [0, 0.1) is 10.1 Å². The van der Waals surface area contributed by atoms with Crippen LogP contribution in [0.5, 0.6) is 0 Å². The number of hydrogen-bond acceptors (Lipinski definition) is 6. The fraction of sp³-hybridized carbons (Fsp3) is 0.167. The first-order chi connectivity index (χ1) is 9.61. The minimum Gasteiger partial charge on any atom is -0.354 e. The van der Waals surface area contributed by atoms with Gasteiger partial charge in [0.15, 0.2) is 0 Å². The highest BCUT2D eigenvalue weighted by atomic mass is 79.9. The van der Waals surface area contributed by atoms with Crippen molar-refractivity contribution in [2.75, 3.05) is 11.9 Å². The lowest BCUT2D eigenvalue weighted by Gasteiger charge is -2.06. The van der Waals surface area contributed by atoms with Gasteiger partial charge in [-0.15, -0.1) is 0 Å². The second-order valence-corrected chi connectivity index (χ2v) is 5.59. The van der Waals surface area contributed by atoms with Gasteiger partial charge in [-0.1, -0.05) is 23.9 Å². The topological polar surface area (TPSA) is 81.0 Å². The lowest BCUT2D eigenvalue weighted by molar-refractivity contribution is -0.387. The molecule has 0 saturated heterocycles. The van der Waals surface area contributed by atoms with Crippen molar-refractivity contribution >= 4 is 39.3 Å². The Bertz CT molecular complexity index is 639. The second-order valence-electron chi connectivity index (χ2n) is 3.70. The zero-order valence-electron chi connectivity index (χ0n) is 10.5. The van der Waals surface area contributed by atoms with Gasteiger partial charge in [-0.2, -0.15) is 0 Å². The maximum absolute atomic E-state index is 11.0. The van der Waals surface area contributed by atoms with Crippen LogP contribution < -0.4 is 5.32 Å². The zero-order chi connectivity index (χ0) is 14.5. The number of nitrogens with one attached hydrogen (secondary N) is 1. The van der Waals surface area contributed by atoms with Crippen LogP contribution >= 0.6 is 27.7 Å². The van der Waals surface area contributed by atoms with Gasteiger partial charge in [0.25, 0.3) is 5.69 Å². The largest absolute Gasteiger partial charge is 0.354 e. The number of aromatic nitrogens is 2. The molecule has 2 rings (SSSR count). The number of nitrogens with zero attached hydrogens (tertiary/aromatic N) is 3. The van der Waals surface area contributed by atoms with Crippen LogP contribution in [0.3, 0.4) is 0 Å². The average molecular weight is 355 g/mol. The fourth-order valence-electron chi connectivity index (χ4n) is 1.46. The van der Waals surface area contributed by atoms with Gasteiger partial charge < -0.3 is 5.32 Å². The summed E-state index contributed by atoms with van der Waals surface area (Å²) in [6, 6.07) is 6.57. The van der Waals surface area contributed by atoms with Crippen LogP contribution in [-0.4, -0.2) is 21.4 Å². The van der Waals surface area contributed by atoms with E-state index in [0.717, 1.165) is 0 Å². The average Bonchev–Trinajstić information content (AvgIpc) is 2.43. The molecule has 0 aliphatic heterocycles. The molecule has 0 amide bonds. The van der Waals surface area contributed by atoms with Gasteiger partial charge >= 0.3 is 0 Å². The number of rotatable bonds is 5. The molecule has 2 aromatic rings. The van der Waals surface area contributed by atoms with Gasteiger partial charge in [0.1, 0.15) is 5.03 Å². The minimum atomic E-state index is -0.400. The second kappa shape index (κ2) is 6.67. The lowest BCUT2D eigenvalue weighted by Crippen LogP contribution is -2.02. The molecule has 0 atom stereocenters. The number of anilines is 1. The number of hydrogen-bond donors (Lipinski definition) is 1. The first-order valence-electron chi connectivity index (χ1n) is 5.79. The van der Waals surface area contributed by atoms with Gasteiger partial charge in [-0.25, -0.2) is 9.97 Å². The van der Waals surface area contributed by atoms with Crippen molar-refractivity contribution in [1.29, 1.82) is 0 Å². The van der Waals surface area contributed by atoms with E-state index in [0.29, 0.717) is 26.9 Å². The molecule has 6 nitrogen and oxygen atoms in total. The molecule has 8 heteroatoms. The summed E-state index contributed by atoms with van der Waals surface area (Å²) < 4.78 is 0.697. The molecule has 0 bridgehead atoms. The van der Waals surface area contributed by atoms with Crippen molar-refractivity contribution in [2.24, 2.45) is 0 Å². The van der Waals surface area contributed by atoms with E-state index in [9.17, 15) is 10.1 Å². The van der Waals surface area contributed by atoms with Crippen molar-refractivity contribution in [2.45, 2.75) is 16.8 Å². The Kier molecular flexibility index (Phi) is 4.91. The molecule has 0 unspecified atom stereocenters. The normalized spacial score (nSPS) is 10.3. The Morgan fingerprint density at radius 2 is 2.20 bits per heavy atom. The molecule has 1 aromatic carbocycles. The summed E-state index contributed by atoms with van der Waals surface area (Å²) in [5.41, 5.74) is 0.0630. The summed E-state index contributed by atoms with van der Waals surface area (Å²) >= 11 is 4.59.